The predicted molar refractivity (Wildman–Crippen MR) is 98.9 cm³/mol. The smallest absolute Gasteiger partial charge is 0.306 e. The number of benzene rings is 1. The number of allylic oxidation sites excluding steroid dienone is 5. The molecule has 1 rings (SSSR count). The summed E-state index contributed by atoms with van der Waals surface area (Å²) in [7, 11) is 0. The number of carbonyl (C=O) groups excluding carboxylic acids is 1. The number of rotatable bonds is 7. The quantitative estimate of drug-likeness (QED) is 0.421. The molecule has 1 aromatic rings. The SMILES string of the molecule is C=CC=C(C=CCCC)C=NNC(=O)Nc1c(C)cccc1C. The van der Waals surface area contributed by atoms with Gasteiger partial charge in [0, 0.05) is 5.69 Å². The lowest BCUT2D eigenvalue weighted by atomic mass is 10.1. The highest BCUT2D eigenvalue weighted by Gasteiger charge is 2.05. The van der Waals surface area contributed by atoms with E-state index >= 15 is 0 Å². The number of hydrogen-bond donors (Lipinski definition) is 2. The van der Waals surface area contributed by atoms with Gasteiger partial charge in [0.2, 0.25) is 0 Å². The Bertz CT molecular complexity index is 607. The molecule has 0 atom stereocenters. The number of amides is 2. The topological polar surface area (TPSA) is 53.5 Å². The number of aryl methyl sites for hydroxylation is 2. The molecule has 0 bridgehead atoms. The molecule has 0 aliphatic heterocycles. The summed E-state index contributed by atoms with van der Waals surface area (Å²) >= 11 is 0. The van der Waals surface area contributed by atoms with Crippen molar-refractivity contribution in [2.45, 2.75) is 33.6 Å². The maximum absolute atomic E-state index is 11.9. The normalized spacial score (nSPS) is 11.9. The first-order chi connectivity index (χ1) is 11.1. The molecule has 4 heteroatoms. The number of para-hydroxylation sites is 1. The number of hydrazone groups is 1. The second kappa shape index (κ2) is 10.2. The molecular weight excluding hydrogens is 286 g/mol. The first kappa shape index (κ1) is 18.4. The number of carbonyl (C=O) groups is 1. The Hall–Kier alpha value is -2.62. The molecule has 0 heterocycles. The van der Waals surface area contributed by atoms with Gasteiger partial charge in [0.05, 0.1) is 6.21 Å². The van der Waals surface area contributed by atoms with E-state index in [0.717, 1.165) is 35.2 Å². The van der Waals surface area contributed by atoms with Crippen molar-refractivity contribution in [2.24, 2.45) is 5.10 Å². The fourth-order valence-corrected chi connectivity index (χ4v) is 1.98. The van der Waals surface area contributed by atoms with Crippen LogP contribution in [0.25, 0.3) is 0 Å². The number of anilines is 1. The Labute approximate surface area is 138 Å². The van der Waals surface area contributed by atoms with Crippen LogP contribution in [0.3, 0.4) is 0 Å². The lowest BCUT2D eigenvalue weighted by molar-refractivity contribution is 0.252. The van der Waals surface area contributed by atoms with E-state index in [4.69, 9.17) is 0 Å². The third kappa shape index (κ3) is 6.78. The number of hydrogen-bond acceptors (Lipinski definition) is 2. The van der Waals surface area contributed by atoms with Gasteiger partial charge in [0.15, 0.2) is 0 Å². The summed E-state index contributed by atoms with van der Waals surface area (Å²) in [5.74, 6) is 0. The monoisotopic (exact) mass is 311 g/mol. The molecule has 0 spiro atoms. The van der Waals surface area contributed by atoms with Crippen LogP contribution in [0.4, 0.5) is 10.5 Å². The molecule has 0 aromatic heterocycles. The highest BCUT2D eigenvalue weighted by molar-refractivity contribution is 5.92. The van der Waals surface area contributed by atoms with E-state index in [1.807, 2.05) is 44.2 Å². The van der Waals surface area contributed by atoms with Gasteiger partial charge in [-0.05, 0) is 37.0 Å². The van der Waals surface area contributed by atoms with E-state index in [2.05, 4.69) is 35.4 Å². The average molecular weight is 311 g/mol. The molecular formula is C19H25N3O. The first-order valence-electron chi connectivity index (χ1n) is 7.74. The van der Waals surface area contributed by atoms with E-state index in [-0.39, 0.29) is 6.03 Å². The molecule has 0 aliphatic carbocycles. The predicted octanol–water partition coefficient (Wildman–Crippen LogP) is 4.88. The van der Waals surface area contributed by atoms with E-state index in [1.54, 1.807) is 12.3 Å². The zero-order chi connectivity index (χ0) is 17.1. The molecule has 23 heavy (non-hydrogen) atoms. The van der Waals surface area contributed by atoms with Gasteiger partial charge in [-0.15, -0.1) is 0 Å². The molecule has 1 aromatic carbocycles. The van der Waals surface area contributed by atoms with Gasteiger partial charge >= 0.3 is 6.03 Å². The number of nitrogens with one attached hydrogen (secondary N) is 2. The third-order valence-corrected chi connectivity index (χ3v) is 3.18. The van der Waals surface area contributed by atoms with E-state index in [1.165, 1.54) is 0 Å². The fraction of sp³-hybridized carbons (Fsp3) is 0.263. The van der Waals surface area contributed by atoms with E-state index in [0.29, 0.717) is 0 Å². The summed E-state index contributed by atoms with van der Waals surface area (Å²) in [6.45, 7) is 9.70. The van der Waals surface area contributed by atoms with Crippen LogP contribution in [0.2, 0.25) is 0 Å². The summed E-state index contributed by atoms with van der Waals surface area (Å²) < 4.78 is 0. The zero-order valence-electron chi connectivity index (χ0n) is 14.1. The van der Waals surface area contributed by atoms with Gasteiger partial charge in [-0.3, -0.25) is 0 Å². The molecule has 0 fully saturated rings. The molecule has 0 unspecified atom stereocenters. The lowest BCUT2D eigenvalue weighted by Gasteiger charge is -2.10. The van der Waals surface area contributed by atoms with Gasteiger partial charge < -0.3 is 5.32 Å². The number of unbranched alkanes of at least 4 members (excludes halogenated alkanes) is 1. The van der Waals surface area contributed by atoms with Crippen molar-refractivity contribution in [3.63, 3.8) is 0 Å². The van der Waals surface area contributed by atoms with Crippen LogP contribution in [-0.4, -0.2) is 12.2 Å². The van der Waals surface area contributed by atoms with Crippen molar-refractivity contribution < 1.29 is 4.79 Å². The highest BCUT2D eigenvalue weighted by Crippen LogP contribution is 2.18. The number of urea groups is 1. The maximum atomic E-state index is 11.9. The molecule has 0 saturated heterocycles. The van der Waals surface area contributed by atoms with Crippen molar-refractivity contribution in [1.82, 2.24) is 5.43 Å². The molecule has 0 radical (unpaired) electrons. The minimum Gasteiger partial charge on any atom is -0.306 e. The van der Waals surface area contributed by atoms with Gasteiger partial charge in [-0.25, -0.2) is 10.2 Å². The van der Waals surface area contributed by atoms with Crippen molar-refractivity contribution in [3.05, 3.63) is 65.8 Å². The molecule has 2 amide bonds. The van der Waals surface area contributed by atoms with Crippen LogP contribution >= 0.6 is 0 Å². The van der Waals surface area contributed by atoms with Gasteiger partial charge in [0.25, 0.3) is 0 Å². The average Bonchev–Trinajstić information content (AvgIpc) is 2.51. The standard InChI is InChI=1S/C19H25N3O/c1-5-7-8-13-17(10-6-2)14-20-22-19(23)21-18-15(3)11-9-12-16(18)4/h6,8-14H,2,5,7H2,1,3-4H3,(H2,21,22,23). The summed E-state index contributed by atoms with van der Waals surface area (Å²) in [4.78, 5) is 11.9. The van der Waals surface area contributed by atoms with Crippen LogP contribution < -0.4 is 10.7 Å². The Balaban J connectivity index is 2.63. The minimum atomic E-state index is -0.367. The summed E-state index contributed by atoms with van der Waals surface area (Å²) in [6, 6.07) is 5.50. The van der Waals surface area contributed by atoms with Crippen LogP contribution in [0.5, 0.6) is 0 Å². The van der Waals surface area contributed by atoms with Crippen molar-refractivity contribution in [2.75, 3.05) is 5.32 Å². The molecule has 0 saturated carbocycles. The van der Waals surface area contributed by atoms with Gasteiger partial charge in [-0.2, -0.15) is 5.10 Å². The van der Waals surface area contributed by atoms with E-state index < -0.39 is 0 Å². The molecule has 4 nitrogen and oxygen atoms in total. The zero-order valence-corrected chi connectivity index (χ0v) is 14.1. The molecule has 122 valence electrons. The van der Waals surface area contributed by atoms with E-state index in [9.17, 15) is 4.79 Å². The largest absolute Gasteiger partial charge is 0.339 e. The number of nitrogens with zero attached hydrogens (tertiary/aromatic N) is 1. The van der Waals surface area contributed by atoms with Crippen molar-refractivity contribution >= 4 is 17.9 Å². The van der Waals surface area contributed by atoms with Crippen LogP contribution in [0, 0.1) is 13.8 Å². The lowest BCUT2D eigenvalue weighted by Crippen LogP contribution is -2.25. The minimum absolute atomic E-state index is 0.367. The Kier molecular flexibility index (Phi) is 8.14. The Morgan fingerprint density at radius 2 is 2.00 bits per heavy atom. The summed E-state index contributed by atoms with van der Waals surface area (Å²) in [5.41, 5.74) is 6.19. The van der Waals surface area contributed by atoms with Crippen LogP contribution in [0.15, 0.2) is 59.8 Å². The first-order valence-corrected chi connectivity index (χ1v) is 7.74. The van der Waals surface area contributed by atoms with Gasteiger partial charge in [-0.1, -0.05) is 62.4 Å². The Morgan fingerprint density at radius 1 is 1.30 bits per heavy atom. The van der Waals surface area contributed by atoms with Crippen LogP contribution in [-0.2, 0) is 0 Å². The second-order valence-corrected chi connectivity index (χ2v) is 5.18. The maximum Gasteiger partial charge on any atom is 0.339 e. The molecule has 0 aliphatic rings. The Morgan fingerprint density at radius 3 is 2.61 bits per heavy atom. The summed E-state index contributed by atoms with van der Waals surface area (Å²) in [5, 5.41) is 6.79. The van der Waals surface area contributed by atoms with Crippen LogP contribution in [0.1, 0.15) is 30.9 Å². The third-order valence-electron chi connectivity index (χ3n) is 3.18. The summed E-state index contributed by atoms with van der Waals surface area (Å²) in [6.07, 6.45) is 11.2. The second-order valence-electron chi connectivity index (χ2n) is 5.18. The van der Waals surface area contributed by atoms with Crippen molar-refractivity contribution in [3.8, 4) is 0 Å². The highest BCUT2D eigenvalue weighted by atomic mass is 16.2. The fourth-order valence-electron chi connectivity index (χ4n) is 1.98. The molecule has 2 N–H and O–H groups in total. The van der Waals surface area contributed by atoms with Gasteiger partial charge in [0.1, 0.15) is 0 Å². The van der Waals surface area contributed by atoms with Crippen molar-refractivity contribution in [1.29, 1.82) is 0 Å².